The summed E-state index contributed by atoms with van der Waals surface area (Å²) >= 11 is 0. The van der Waals surface area contributed by atoms with E-state index in [-0.39, 0.29) is 52.4 Å². The van der Waals surface area contributed by atoms with Crippen LogP contribution in [0, 0.1) is 0 Å². The molecule has 0 atom stereocenters. The molecular formula is C2H8Bi2O4. The minimum absolute atomic E-state index is 0. The first-order valence-electron chi connectivity index (χ1n) is 1.11. The van der Waals surface area contributed by atoms with Crippen molar-refractivity contribution in [3.05, 3.63) is 0 Å². The van der Waals surface area contributed by atoms with Crippen LogP contribution >= 0.6 is 0 Å². The van der Waals surface area contributed by atoms with E-state index in [1.165, 1.54) is 0 Å². The van der Waals surface area contributed by atoms with Crippen LogP contribution in [0.25, 0.3) is 0 Å². The molecule has 8 heavy (non-hydrogen) atoms. The Morgan fingerprint density at radius 2 is 1.00 bits per heavy atom. The van der Waals surface area contributed by atoms with Crippen LogP contribution in [0.4, 0.5) is 0 Å². The molecule has 0 aliphatic heterocycles. The Labute approximate surface area is 83.5 Å². The van der Waals surface area contributed by atoms with Gasteiger partial charge >= 0.3 is 64.3 Å². The van der Waals surface area contributed by atoms with Crippen LogP contribution in [0.2, 0.25) is 0 Å². The number of aliphatic carboxylic acids is 2. The summed E-state index contributed by atoms with van der Waals surface area (Å²) in [4.78, 5) is 18.2. The van der Waals surface area contributed by atoms with Crippen molar-refractivity contribution in [2.45, 2.75) is 0 Å². The van der Waals surface area contributed by atoms with E-state index in [2.05, 4.69) is 0 Å². The van der Waals surface area contributed by atoms with Gasteiger partial charge in [-0.15, -0.1) is 0 Å². The van der Waals surface area contributed by atoms with Crippen molar-refractivity contribution in [3.63, 3.8) is 0 Å². The Morgan fingerprint density at radius 1 is 0.875 bits per heavy atom. The average Bonchev–Trinajstić information content (AvgIpc) is 1.36. The topological polar surface area (TPSA) is 74.6 Å². The molecule has 0 aliphatic carbocycles. The van der Waals surface area contributed by atoms with Crippen LogP contribution in [0.1, 0.15) is 0 Å². The molecule has 4 nitrogen and oxygen atoms in total. The van der Waals surface area contributed by atoms with Crippen LogP contribution in [-0.4, -0.2) is 74.6 Å². The fourth-order valence-electron chi connectivity index (χ4n) is 0. The van der Waals surface area contributed by atoms with Gasteiger partial charge in [0, 0.05) is 0 Å². The Balaban J connectivity index is -0.000000125. The molecule has 0 saturated carbocycles. The first-order chi connectivity index (χ1) is 2.64. The Kier molecular flexibility index (Phi) is 15.3. The van der Waals surface area contributed by atoms with Gasteiger partial charge in [-0.1, -0.05) is 0 Å². The first kappa shape index (κ1) is 15.9. The molecule has 0 aromatic heterocycles. The van der Waals surface area contributed by atoms with Gasteiger partial charge < -0.3 is 10.2 Å². The van der Waals surface area contributed by atoms with Crippen molar-refractivity contribution in [2.24, 2.45) is 0 Å². The molecule has 0 fully saturated rings. The molecular weight excluding hydrogens is 506 g/mol. The predicted octanol–water partition coefficient (Wildman–Crippen LogP) is -3.21. The first-order valence-corrected chi connectivity index (χ1v) is 1.11. The molecule has 0 heterocycles. The summed E-state index contributed by atoms with van der Waals surface area (Å²) in [5, 5.41) is 14.8. The van der Waals surface area contributed by atoms with Gasteiger partial charge in [-0.2, -0.15) is 0 Å². The zero-order valence-corrected chi connectivity index (χ0v) is 15.1. The molecule has 50 valence electrons. The second kappa shape index (κ2) is 7.71. The fourth-order valence-corrected chi connectivity index (χ4v) is 0. The number of hydrogen-bond acceptors (Lipinski definition) is 2. The summed E-state index contributed by atoms with van der Waals surface area (Å²) in [7, 11) is 0. The van der Waals surface area contributed by atoms with E-state index < -0.39 is 11.9 Å². The molecule has 2 N–H and O–H groups in total. The summed E-state index contributed by atoms with van der Waals surface area (Å²) in [5.74, 6) is -3.65. The minimum atomic E-state index is -1.82. The number of carbonyl (C=O) groups is 2. The van der Waals surface area contributed by atoms with Gasteiger partial charge in [-0.3, -0.25) is 0 Å². The van der Waals surface area contributed by atoms with Crippen LogP contribution in [0.3, 0.4) is 0 Å². The van der Waals surface area contributed by atoms with Gasteiger partial charge in [0.1, 0.15) is 0 Å². The van der Waals surface area contributed by atoms with E-state index >= 15 is 0 Å². The van der Waals surface area contributed by atoms with Crippen molar-refractivity contribution < 1.29 is 19.8 Å². The van der Waals surface area contributed by atoms with Gasteiger partial charge in [0.15, 0.2) is 0 Å². The quantitative estimate of drug-likeness (QED) is 0.264. The van der Waals surface area contributed by atoms with E-state index in [1.807, 2.05) is 0 Å². The van der Waals surface area contributed by atoms with Crippen molar-refractivity contribution in [3.8, 4) is 0 Å². The van der Waals surface area contributed by atoms with Crippen LogP contribution in [0.5, 0.6) is 0 Å². The summed E-state index contributed by atoms with van der Waals surface area (Å²) in [6, 6.07) is 0. The molecule has 0 rings (SSSR count). The molecule has 0 saturated heterocycles. The van der Waals surface area contributed by atoms with Crippen LogP contribution in [0.15, 0.2) is 0 Å². The van der Waals surface area contributed by atoms with E-state index in [0.717, 1.165) is 0 Å². The van der Waals surface area contributed by atoms with Gasteiger partial charge in [-0.25, -0.2) is 9.59 Å². The molecule has 0 aromatic carbocycles. The van der Waals surface area contributed by atoms with Crippen molar-refractivity contribution in [2.75, 3.05) is 0 Å². The number of carboxylic acids is 2. The zero-order chi connectivity index (χ0) is 5.15. The van der Waals surface area contributed by atoms with Gasteiger partial charge in [0.05, 0.1) is 0 Å². The predicted molar refractivity (Wildman–Crippen MR) is 35.1 cm³/mol. The van der Waals surface area contributed by atoms with Gasteiger partial charge in [-0.05, 0) is 0 Å². The monoisotopic (exact) mass is 514 g/mol. The maximum absolute atomic E-state index is 9.10. The van der Waals surface area contributed by atoms with Gasteiger partial charge in [0.25, 0.3) is 0 Å². The second-order valence-electron chi connectivity index (χ2n) is 0.610. The van der Waals surface area contributed by atoms with Crippen molar-refractivity contribution >= 4 is 64.3 Å². The summed E-state index contributed by atoms with van der Waals surface area (Å²) in [5.41, 5.74) is 0. The van der Waals surface area contributed by atoms with E-state index in [9.17, 15) is 0 Å². The number of carboxylic acid groups (broad SMARTS) is 2. The normalized spacial score (nSPS) is 5.50. The second-order valence-corrected chi connectivity index (χ2v) is 0.610. The molecule has 6 heteroatoms. The van der Waals surface area contributed by atoms with Crippen LogP contribution in [-0.2, 0) is 9.59 Å². The maximum atomic E-state index is 9.10. The molecule has 0 aliphatic rings. The third-order valence-electron chi connectivity index (χ3n) is 0.183. The standard InChI is InChI=1S/C2H2O4.2Bi.6H/c3-1(4)2(5)6;;;;;;;;/h(H,3,4)(H,5,6);;;;;;;;. The molecule has 0 radical (unpaired) electrons. The van der Waals surface area contributed by atoms with Crippen molar-refractivity contribution in [1.29, 1.82) is 0 Å². The summed E-state index contributed by atoms with van der Waals surface area (Å²) in [6.45, 7) is 0. The van der Waals surface area contributed by atoms with E-state index in [1.54, 1.807) is 0 Å². The molecule has 0 bridgehead atoms. The zero-order valence-electron chi connectivity index (χ0n) is 4.13. The Morgan fingerprint density at radius 3 is 1.00 bits per heavy atom. The third-order valence-corrected chi connectivity index (χ3v) is 0.183. The van der Waals surface area contributed by atoms with E-state index in [4.69, 9.17) is 19.8 Å². The fraction of sp³-hybridized carbons (Fsp3) is 0. The molecule has 0 amide bonds. The Hall–Kier alpha value is 0.706. The average molecular weight is 514 g/mol. The third kappa shape index (κ3) is 9.86. The molecule has 0 spiro atoms. The summed E-state index contributed by atoms with van der Waals surface area (Å²) in [6.07, 6.45) is 0. The van der Waals surface area contributed by atoms with Crippen LogP contribution < -0.4 is 0 Å². The Bertz CT molecular complexity index is 78.0. The van der Waals surface area contributed by atoms with Crippen molar-refractivity contribution in [1.82, 2.24) is 0 Å². The number of rotatable bonds is 0. The molecule has 0 unspecified atom stereocenters. The van der Waals surface area contributed by atoms with E-state index in [0.29, 0.717) is 0 Å². The number of hydrogen-bond donors (Lipinski definition) is 2. The summed E-state index contributed by atoms with van der Waals surface area (Å²) < 4.78 is 0. The van der Waals surface area contributed by atoms with Gasteiger partial charge in [0.2, 0.25) is 0 Å². The molecule has 0 aromatic rings. The SMILES string of the molecule is O=C(O)C(=O)O.[BiH3].[BiH3].